The minimum absolute atomic E-state index is 0.128. The molecule has 0 aromatic carbocycles. The molecule has 22 heavy (non-hydrogen) atoms. The zero-order valence-corrected chi connectivity index (χ0v) is 13.8. The molecule has 5 nitrogen and oxygen atoms in total. The Labute approximate surface area is 133 Å². The third kappa shape index (κ3) is 3.41. The number of aromatic nitrogens is 2. The molecular formula is C17H28N4O. The summed E-state index contributed by atoms with van der Waals surface area (Å²) in [6, 6.07) is 2.36. The molecule has 122 valence electrons. The van der Waals surface area contributed by atoms with Crippen LogP contribution >= 0.6 is 0 Å². The summed E-state index contributed by atoms with van der Waals surface area (Å²) in [5.41, 5.74) is 1.03. The molecule has 1 aliphatic carbocycles. The topological polar surface area (TPSA) is 61.3 Å². The van der Waals surface area contributed by atoms with Crippen molar-refractivity contribution in [3.05, 3.63) is 17.6 Å². The average Bonchev–Trinajstić information content (AvgIpc) is 2.55. The molecule has 1 aromatic rings. The van der Waals surface area contributed by atoms with Crippen LogP contribution in [0.2, 0.25) is 0 Å². The van der Waals surface area contributed by atoms with Crippen LogP contribution in [0, 0.1) is 6.92 Å². The van der Waals surface area contributed by atoms with Crippen LogP contribution in [0.5, 0.6) is 0 Å². The maximum absolute atomic E-state index is 10.2. The minimum Gasteiger partial charge on any atom is -0.391 e. The first-order valence-electron chi connectivity index (χ1n) is 8.63. The molecule has 1 aliphatic heterocycles. The summed E-state index contributed by atoms with van der Waals surface area (Å²) in [5.74, 6) is 2.34. The zero-order chi connectivity index (χ0) is 15.5. The van der Waals surface area contributed by atoms with Crippen molar-refractivity contribution in [1.82, 2.24) is 14.9 Å². The summed E-state index contributed by atoms with van der Waals surface area (Å²) in [4.78, 5) is 11.8. The van der Waals surface area contributed by atoms with Gasteiger partial charge in [0.05, 0.1) is 6.10 Å². The molecule has 1 saturated carbocycles. The van der Waals surface area contributed by atoms with Gasteiger partial charge in [0.25, 0.3) is 0 Å². The van der Waals surface area contributed by atoms with Gasteiger partial charge in [-0.25, -0.2) is 9.97 Å². The van der Waals surface area contributed by atoms with Crippen molar-refractivity contribution in [2.45, 2.75) is 63.5 Å². The van der Waals surface area contributed by atoms with Gasteiger partial charge in [0.1, 0.15) is 11.6 Å². The number of piperidine rings is 1. The predicted octanol–water partition coefficient (Wildman–Crippen LogP) is 2.31. The van der Waals surface area contributed by atoms with Crippen molar-refractivity contribution in [1.29, 1.82) is 0 Å². The SMILES string of the molecule is CNc1cc(C)nc(C2CCN(C3CCCCC3O)CC2)n1. The van der Waals surface area contributed by atoms with Gasteiger partial charge in [0, 0.05) is 30.8 Å². The van der Waals surface area contributed by atoms with Gasteiger partial charge in [-0.15, -0.1) is 0 Å². The summed E-state index contributed by atoms with van der Waals surface area (Å²) in [6.07, 6.45) is 6.61. The van der Waals surface area contributed by atoms with Gasteiger partial charge >= 0.3 is 0 Å². The van der Waals surface area contributed by atoms with Gasteiger partial charge in [-0.2, -0.15) is 0 Å². The maximum Gasteiger partial charge on any atom is 0.134 e. The van der Waals surface area contributed by atoms with Crippen LogP contribution in [0.1, 0.15) is 56.0 Å². The number of hydrogen-bond donors (Lipinski definition) is 2. The Morgan fingerprint density at radius 1 is 1.14 bits per heavy atom. The van der Waals surface area contributed by atoms with Gasteiger partial charge in [-0.3, -0.25) is 4.90 Å². The highest BCUT2D eigenvalue weighted by Gasteiger charge is 2.32. The van der Waals surface area contributed by atoms with E-state index in [1.54, 1.807) is 0 Å². The van der Waals surface area contributed by atoms with E-state index in [1.165, 1.54) is 12.8 Å². The van der Waals surface area contributed by atoms with E-state index in [0.29, 0.717) is 12.0 Å². The second-order valence-corrected chi connectivity index (χ2v) is 6.73. The van der Waals surface area contributed by atoms with Crippen LogP contribution in [0.25, 0.3) is 0 Å². The van der Waals surface area contributed by atoms with Crippen molar-refractivity contribution < 1.29 is 5.11 Å². The van der Waals surface area contributed by atoms with Crippen molar-refractivity contribution in [3.63, 3.8) is 0 Å². The van der Waals surface area contributed by atoms with E-state index >= 15 is 0 Å². The summed E-state index contributed by atoms with van der Waals surface area (Å²) < 4.78 is 0. The highest BCUT2D eigenvalue weighted by atomic mass is 16.3. The lowest BCUT2D eigenvalue weighted by Gasteiger charge is -2.41. The Balaban J connectivity index is 1.63. The van der Waals surface area contributed by atoms with Gasteiger partial charge in [-0.05, 0) is 45.7 Å². The number of aliphatic hydroxyl groups is 1. The molecule has 2 fully saturated rings. The third-order valence-corrected chi connectivity index (χ3v) is 5.19. The van der Waals surface area contributed by atoms with E-state index in [9.17, 15) is 5.11 Å². The van der Waals surface area contributed by atoms with Crippen LogP contribution in [0.15, 0.2) is 6.07 Å². The lowest BCUT2D eigenvalue weighted by atomic mass is 9.88. The molecule has 2 N–H and O–H groups in total. The van der Waals surface area contributed by atoms with Gasteiger partial charge in [0.2, 0.25) is 0 Å². The Bertz CT molecular complexity index is 499. The van der Waals surface area contributed by atoms with Gasteiger partial charge < -0.3 is 10.4 Å². The number of likely N-dealkylation sites (tertiary alicyclic amines) is 1. The molecule has 2 unspecified atom stereocenters. The fraction of sp³-hybridized carbons (Fsp3) is 0.765. The van der Waals surface area contributed by atoms with E-state index in [-0.39, 0.29) is 6.10 Å². The van der Waals surface area contributed by atoms with Crippen LogP contribution in [-0.4, -0.2) is 52.3 Å². The Morgan fingerprint density at radius 2 is 1.86 bits per heavy atom. The first-order valence-corrected chi connectivity index (χ1v) is 8.63. The first-order chi connectivity index (χ1) is 10.7. The first kappa shape index (κ1) is 15.7. The zero-order valence-electron chi connectivity index (χ0n) is 13.8. The van der Waals surface area contributed by atoms with Crippen molar-refractivity contribution in [3.8, 4) is 0 Å². The van der Waals surface area contributed by atoms with Crippen LogP contribution in [-0.2, 0) is 0 Å². The maximum atomic E-state index is 10.2. The van der Waals surface area contributed by atoms with E-state index in [0.717, 1.165) is 56.1 Å². The Morgan fingerprint density at radius 3 is 2.55 bits per heavy atom. The predicted molar refractivity (Wildman–Crippen MR) is 88.1 cm³/mol. The second-order valence-electron chi connectivity index (χ2n) is 6.73. The van der Waals surface area contributed by atoms with Crippen molar-refractivity contribution in [2.75, 3.05) is 25.5 Å². The third-order valence-electron chi connectivity index (χ3n) is 5.19. The number of aryl methyl sites for hydroxylation is 1. The van der Waals surface area contributed by atoms with E-state index in [4.69, 9.17) is 0 Å². The highest BCUT2D eigenvalue weighted by Crippen LogP contribution is 2.31. The molecule has 5 heteroatoms. The fourth-order valence-corrected chi connectivity index (χ4v) is 3.91. The van der Waals surface area contributed by atoms with E-state index in [1.807, 2.05) is 20.0 Å². The minimum atomic E-state index is -0.128. The monoisotopic (exact) mass is 304 g/mol. The summed E-state index contributed by atoms with van der Waals surface area (Å²) in [5, 5.41) is 13.4. The summed E-state index contributed by atoms with van der Waals surface area (Å²) in [7, 11) is 1.90. The number of aliphatic hydroxyl groups excluding tert-OH is 1. The van der Waals surface area contributed by atoms with Gasteiger partial charge in [-0.1, -0.05) is 12.8 Å². The quantitative estimate of drug-likeness (QED) is 0.897. The lowest BCUT2D eigenvalue weighted by molar-refractivity contribution is 0.00834. The molecule has 0 spiro atoms. The van der Waals surface area contributed by atoms with Crippen molar-refractivity contribution in [2.24, 2.45) is 0 Å². The molecule has 1 saturated heterocycles. The standard InChI is InChI=1S/C17H28N4O/c1-12-11-16(18-2)20-17(19-12)13-7-9-21(10-8-13)14-5-3-4-6-15(14)22/h11,13-15,22H,3-10H2,1-2H3,(H,18,19,20). The summed E-state index contributed by atoms with van der Waals surface area (Å²) >= 11 is 0. The van der Waals surface area contributed by atoms with Crippen LogP contribution < -0.4 is 5.32 Å². The average molecular weight is 304 g/mol. The molecular weight excluding hydrogens is 276 g/mol. The van der Waals surface area contributed by atoms with E-state index < -0.39 is 0 Å². The Kier molecular flexibility index (Phi) is 4.93. The molecule has 1 aromatic heterocycles. The number of nitrogens with one attached hydrogen (secondary N) is 1. The summed E-state index contributed by atoms with van der Waals surface area (Å²) in [6.45, 7) is 4.14. The largest absolute Gasteiger partial charge is 0.391 e. The molecule has 0 amide bonds. The fourth-order valence-electron chi connectivity index (χ4n) is 3.91. The van der Waals surface area contributed by atoms with Crippen molar-refractivity contribution >= 4 is 5.82 Å². The molecule has 3 rings (SSSR count). The highest BCUT2D eigenvalue weighted by molar-refractivity contribution is 5.35. The number of nitrogens with zero attached hydrogens (tertiary/aromatic N) is 3. The molecule has 0 bridgehead atoms. The van der Waals surface area contributed by atoms with Crippen LogP contribution in [0.3, 0.4) is 0 Å². The lowest BCUT2D eigenvalue weighted by Crippen LogP contribution is -2.48. The molecule has 0 radical (unpaired) electrons. The Hall–Kier alpha value is -1.20. The normalized spacial score (nSPS) is 27.8. The number of hydrogen-bond acceptors (Lipinski definition) is 5. The molecule has 2 atom stereocenters. The number of rotatable bonds is 3. The molecule has 2 heterocycles. The smallest absolute Gasteiger partial charge is 0.134 e. The number of anilines is 1. The van der Waals surface area contributed by atoms with Gasteiger partial charge in [0.15, 0.2) is 0 Å². The van der Waals surface area contributed by atoms with Crippen LogP contribution in [0.4, 0.5) is 5.82 Å². The van der Waals surface area contributed by atoms with E-state index in [2.05, 4.69) is 20.2 Å². The second kappa shape index (κ2) is 6.92. The molecule has 2 aliphatic rings.